The average Bonchev–Trinajstić information content (AvgIpc) is 2.34. The molecule has 0 unspecified atom stereocenters. The minimum absolute atomic E-state index is 0.0505. The number of nitrogens with two attached hydrogens (primary N) is 1. The van der Waals surface area contributed by atoms with Crippen LogP contribution in [0.4, 0.5) is 17.3 Å². The summed E-state index contributed by atoms with van der Waals surface area (Å²) in [4.78, 5) is 27.1. The molecule has 0 spiro atoms. The van der Waals surface area contributed by atoms with Crippen molar-refractivity contribution < 1.29 is 9.72 Å². The minimum atomic E-state index is -0.546. The Labute approximate surface area is 104 Å². The van der Waals surface area contributed by atoms with Crippen LogP contribution in [0.5, 0.6) is 0 Å². The molecule has 18 heavy (non-hydrogen) atoms. The molecule has 1 heterocycles. The Bertz CT molecular complexity index is 463. The normalized spacial score (nSPS) is 9.89. The Kier molecular flexibility index (Phi) is 4.41. The maximum atomic E-state index is 11.3. The summed E-state index contributed by atoms with van der Waals surface area (Å²) >= 11 is 0. The van der Waals surface area contributed by atoms with Crippen LogP contribution in [0.15, 0.2) is 12.1 Å². The number of aromatic nitrogens is 1. The molecule has 0 bridgehead atoms. The van der Waals surface area contributed by atoms with E-state index in [0.29, 0.717) is 12.4 Å². The van der Waals surface area contributed by atoms with E-state index in [1.807, 2.05) is 6.92 Å². The fraction of sp³-hybridized carbons (Fsp3) is 0.400. The van der Waals surface area contributed by atoms with Crippen LogP contribution < -0.4 is 16.0 Å². The van der Waals surface area contributed by atoms with Crippen molar-refractivity contribution in [3.63, 3.8) is 0 Å². The number of nitrogens with zero attached hydrogens (tertiary/aromatic N) is 3. The van der Waals surface area contributed by atoms with Gasteiger partial charge in [0.15, 0.2) is 0 Å². The Balaban J connectivity index is 3.05. The first-order chi connectivity index (χ1) is 8.47. The molecule has 0 fully saturated rings. The standard InChI is InChI=1S/C10H15N5O3/c1-3-14(6-10(16)12-2)9-5-7(15(17)18)4-8(11)13-9/h4-5H,3,6H2,1-2H3,(H2,11,13)(H,12,16). The lowest BCUT2D eigenvalue weighted by atomic mass is 10.3. The molecular weight excluding hydrogens is 238 g/mol. The molecule has 1 rings (SSSR count). The average molecular weight is 253 g/mol. The second-order valence-electron chi connectivity index (χ2n) is 3.55. The Morgan fingerprint density at radius 2 is 2.28 bits per heavy atom. The smallest absolute Gasteiger partial charge is 0.276 e. The van der Waals surface area contributed by atoms with Crippen molar-refractivity contribution in [3.05, 3.63) is 22.2 Å². The number of nitro groups is 1. The summed E-state index contributed by atoms with van der Waals surface area (Å²) in [6, 6.07) is 2.47. The molecule has 0 atom stereocenters. The van der Waals surface area contributed by atoms with Crippen LogP contribution in [-0.2, 0) is 4.79 Å². The molecule has 0 aromatic carbocycles. The van der Waals surface area contributed by atoms with E-state index in [4.69, 9.17) is 5.73 Å². The van der Waals surface area contributed by atoms with Crippen molar-refractivity contribution in [1.82, 2.24) is 10.3 Å². The van der Waals surface area contributed by atoms with Gasteiger partial charge in [0.2, 0.25) is 5.91 Å². The number of carbonyl (C=O) groups excluding carboxylic acids is 1. The topological polar surface area (TPSA) is 114 Å². The van der Waals surface area contributed by atoms with E-state index < -0.39 is 4.92 Å². The molecule has 0 aliphatic rings. The van der Waals surface area contributed by atoms with E-state index in [0.717, 1.165) is 0 Å². The van der Waals surface area contributed by atoms with Gasteiger partial charge in [-0.05, 0) is 6.92 Å². The van der Waals surface area contributed by atoms with E-state index in [1.54, 1.807) is 4.90 Å². The van der Waals surface area contributed by atoms with Crippen molar-refractivity contribution in [2.45, 2.75) is 6.92 Å². The van der Waals surface area contributed by atoms with E-state index in [1.165, 1.54) is 19.2 Å². The molecular formula is C10H15N5O3. The summed E-state index contributed by atoms with van der Waals surface area (Å²) in [5, 5.41) is 13.2. The van der Waals surface area contributed by atoms with Gasteiger partial charge in [-0.25, -0.2) is 4.98 Å². The summed E-state index contributed by atoms with van der Waals surface area (Å²) in [5.41, 5.74) is 5.36. The van der Waals surface area contributed by atoms with Crippen molar-refractivity contribution in [1.29, 1.82) is 0 Å². The lowest BCUT2D eigenvalue weighted by Crippen LogP contribution is -2.36. The molecule has 1 aromatic heterocycles. The SMILES string of the molecule is CCN(CC(=O)NC)c1cc([N+](=O)[O-])cc(N)n1. The highest BCUT2D eigenvalue weighted by molar-refractivity contribution is 5.80. The highest BCUT2D eigenvalue weighted by atomic mass is 16.6. The largest absolute Gasteiger partial charge is 0.383 e. The number of likely N-dealkylation sites (N-methyl/N-ethyl adjacent to an activating group) is 2. The van der Waals surface area contributed by atoms with Gasteiger partial charge < -0.3 is 16.0 Å². The van der Waals surface area contributed by atoms with Crippen molar-refractivity contribution in [2.24, 2.45) is 0 Å². The summed E-state index contributed by atoms with van der Waals surface area (Å²) in [5.74, 6) is 0.158. The van der Waals surface area contributed by atoms with E-state index >= 15 is 0 Å². The van der Waals surface area contributed by atoms with Crippen molar-refractivity contribution in [2.75, 3.05) is 30.8 Å². The fourth-order valence-electron chi connectivity index (χ4n) is 1.40. The van der Waals surface area contributed by atoms with Crippen LogP contribution in [-0.4, -0.2) is 36.0 Å². The summed E-state index contributed by atoms with van der Waals surface area (Å²) in [7, 11) is 1.52. The second-order valence-corrected chi connectivity index (χ2v) is 3.55. The fourth-order valence-corrected chi connectivity index (χ4v) is 1.40. The quantitative estimate of drug-likeness (QED) is 0.570. The van der Waals surface area contributed by atoms with Gasteiger partial charge >= 0.3 is 0 Å². The summed E-state index contributed by atoms with van der Waals surface area (Å²) in [6.45, 7) is 2.38. The third kappa shape index (κ3) is 3.30. The van der Waals surface area contributed by atoms with Crippen LogP contribution in [0, 0.1) is 10.1 Å². The molecule has 0 saturated carbocycles. The predicted molar refractivity (Wildman–Crippen MR) is 67.3 cm³/mol. The predicted octanol–water partition coefficient (Wildman–Crippen LogP) is 0.144. The highest BCUT2D eigenvalue weighted by Crippen LogP contribution is 2.21. The van der Waals surface area contributed by atoms with Crippen LogP contribution >= 0.6 is 0 Å². The van der Waals surface area contributed by atoms with Crippen LogP contribution in [0.2, 0.25) is 0 Å². The number of amides is 1. The molecule has 0 aliphatic heterocycles. The van der Waals surface area contributed by atoms with Gasteiger partial charge in [0.1, 0.15) is 11.6 Å². The van der Waals surface area contributed by atoms with Crippen LogP contribution in [0.1, 0.15) is 6.92 Å². The molecule has 3 N–H and O–H groups in total. The van der Waals surface area contributed by atoms with Crippen LogP contribution in [0.3, 0.4) is 0 Å². The van der Waals surface area contributed by atoms with Crippen molar-refractivity contribution in [3.8, 4) is 0 Å². The van der Waals surface area contributed by atoms with Gasteiger partial charge in [-0.3, -0.25) is 14.9 Å². The number of carbonyl (C=O) groups is 1. The number of hydrogen-bond donors (Lipinski definition) is 2. The second kappa shape index (κ2) is 5.80. The Morgan fingerprint density at radius 1 is 1.61 bits per heavy atom. The number of nitrogens with one attached hydrogen (secondary N) is 1. The zero-order valence-corrected chi connectivity index (χ0v) is 10.2. The Morgan fingerprint density at radius 3 is 2.78 bits per heavy atom. The number of anilines is 2. The van der Waals surface area contributed by atoms with Gasteiger partial charge in [0.25, 0.3) is 5.69 Å². The van der Waals surface area contributed by atoms with Crippen molar-refractivity contribution >= 4 is 23.2 Å². The van der Waals surface area contributed by atoms with Gasteiger partial charge in [-0.15, -0.1) is 0 Å². The lowest BCUT2D eigenvalue weighted by molar-refractivity contribution is -0.384. The molecule has 0 radical (unpaired) electrons. The van der Waals surface area contributed by atoms with E-state index in [-0.39, 0.29) is 24.0 Å². The third-order valence-corrected chi connectivity index (χ3v) is 2.35. The molecule has 8 heteroatoms. The first-order valence-electron chi connectivity index (χ1n) is 5.35. The Hall–Kier alpha value is -2.38. The zero-order chi connectivity index (χ0) is 13.7. The monoisotopic (exact) mass is 253 g/mol. The summed E-state index contributed by atoms with van der Waals surface area (Å²) < 4.78 is 0. The van der Waals surface area contributed by atoms with E-state index in [9.17, 15) is 14.9 Å². The van der Waals surface area contributed by atoms with Gasteiger partial charge in [0.05, 0.1) is 23.6 Å². The zero-order valence-electron chi connectivity index (χ0n) is 10.2. The highest BCUT2D eigenvalue weighted by Gasteiger charge is 2.15. The third-order valence-electron chi connectivity index (χ3n) is 2.35. The maximum Gasteiger partial charge on any atom is 0.276 e. The van der Waals surface area contributed by atoms with E-state index in [2.05, 4.69) is 10.3 Å². The summed E-state index contributed by atoms with van der Waals surface area (Å²) in [6.07, 6.45) is 0. The number of rotatable bonds is 5. The molecule has 1 amide bonds. The maximum absolute atomic E-state index is 11.3. The van der Waals surface area contributed by atoms with Crippen LogP contribution in [0.25, 0.3) is 0 Å². The van der Waals surface area contributed by atoms with Gasteiger partial charge in [0, 0.05) is 13.6 Å². The minimum Gasteiger partial charge on any atom is -0.383 e. The molecule has 1 aromatic rings. The number of pyridine rings is 1. The molecule has 0 aliphatic carbocycles. The number of nitrogen functional groups attached to an aromatic ring is 1. The first-order valence-corrected chi connectivity index (χ1v) is 5.35. The molecule has 98 valence electrons. The van der Waals surface area contributed by atoms with Gasteiger partial charge in [-0.2, -0.15) is 0 Å². The number of hydrogen-bond acceptors (Lipinski definition) is 6. The molecule has 8 nitrogen and oxygen atoms in total. The van der Waals surface area contributed by atoms with Gasteiger partial charge in [-0.1, -0.05) is 0 Å². The first kappa shape index (κ1) is 13.7. The lowest BCUT2D eigenvalue weighted by Gasteiger charge is -2.20. The molecule has 0 saturated heterocycles.